The van der Waals surface area contributed by atoms with Crippen LogP contribution in [0.1, 0.15) is 11.5 Å². The maximum absolute atomic E-state index is 5.86. The Balaban J connectivity index is 1.51. The molecule has 0 unspecified atom stereocenters. The number of ether oxygens (including phenoxy) is 1. The first-order valence-electron chi connectivity index (χ1n) is 6.77. The molecule has 0 saturated carbocycles. The van der Waals surface area contributed by atoms with Gasteiger partial charge in [-0.15, -0.1) is 10.2 Å². The molecule has 0 aliphatic carbocycles. The smallest absolute Gasteiger partial charge is 0.277 e. The third-order valence-electron chi connectivity index (χ3n) is 2.90. The molecule has 118 valence electrons. The van der Waals surface area contributed by atoms with Crippen molar-refractivity contribution < 1.29 is 9.15 Å². The molecule has 0 saturated heterocycles. The highest BCUT2D eigenvalue weighted by Crippen LogP contribution is 2.23. The molecule has 0 bridgehead atoms. The fraction of sp³-hybridized carbons (Fsp3) is 0.125. The summed E-state index contributed by atoms with van der Waals surface area (Å²) in [5, 5.41) is 9.85. The van der Waals surface area contributed by atoms with E-state index in [0.29, 0.717) is 21.9 Å². The van der Waals surface area contributed by atoms with E-state index in [0.717, 1.165) is 16.3 Å². The maximum atomic E-state index is 5.86. The van der Waals surface area contributed by atoms with Crippen molar-refractivity contribution >= 4 is 35.0 Å². The van der Waals surface area contributed by atoms with E-state index < -0.39 is 0 Å². The molecule has 7 heteroatoms. The standard InChI is InChI=1S/C16H12Cl2N2O2S/c17-12-3-1-11(2-4-12)10-23-16-20-19-15(22-16)9-21-14-7-5-13(18)6-8-14/h1-8H,9-10H2. The quantitative estimate of drug-likeness (QED) is 0.557. The average molecular weight is 367 g/mol. The number of hydrogen-bond acceptors (Lipinski definition) is 5. The normalized spacial score (nSPS) is 10.7. The van der Waals surface area contributed by atoms with Gasteiger partial charge in [0.05, 0.1) is 0 Å². The SMILES string of the molecule is Clc1ccc(CSc2nnc(COc3ccc(Cl)cc3)o2)cc1. The number of rotatable bonds is 6. The van der Waals surface area contributed by atoms with E-state index in [4.69, 9.17) is 32.4 Å². The molecule has 1 aromatic heterocycles. The van der Waals surface area contributed by atoms with Crippen molar-refractivity contribution in [1.29, 1.82) is 0 Å². The van der Waals surface area contributed by atoms with Crippen LogP contribution in [0.3, 0.4) is 0 Å². The summed E-state index contributed by atoms with van der Waals surface area (Å²) in [7, 11) is 0. The fourth-order valence-electron chi connectivity index (χ4n) is 1.76. The molecule has 3 aromatic rings. The number of hydrogen-bond donors (Lipinski definition) is 0. The monoisotopic (exact) mass is 366 g/mol. The van der Waals surface area contributed by atoms with E-state index >= 15 is 0 Å². The summed E-state index contributed by atoms with van der Waals surface area (Å²) < 4.78 is 11.1. The summed E-state index contributed by atoms with van der Waals surface area (Å²) >= 11 is 13.1. The van der Waals surface area contributed by atoms with Crippen molar-refractivity contribution in [2.45, 2.75) is 17.6 Å². The van der Waals surface area contributed by atoms with Gasteiger partial charge in [0.25, 0.3) is 11.1 Å². The van der Waals surface area contributed by atoms with Crippen molar-refractivity contribution in [2.24, 2.45) is 0 Å². The van der Waals surface area contributed by atoms with E-state index in [1.807, 2.05) is 24.3 Å². The summed E-state index contributed by atoms with van der Waals surface area (Å²) in [6, 6.07) is 14.7. The molecule has 0 radical (unpaired) electrons. The van der Waals surface area contributed by atoms with Gasteiger partial charge in [-0.1, -0.05) is 47.1 Å². The zero-order chi connectivity index (χ0) is 16.1. The van der Waals surface area contributed by atoms with Gasteiger partial charge in [-0.05, 0) is 42.0 Å². The van der Waals surface area contributed by atoms with E-state index in [9.17, 15) is 0 Å². The highest BCUT2D eigenvalue weighted by molar-refractivity contribution is 7.98. The lowest BCUT2D eigenvalue weighted by Gasteiger charge is -2.02. The Morgan fingerprint density at radius 3 is 2.26 bits per heavy atom. The van der Waals surface area contributed by atoms with Crippen LogP contribution in [0.4, 0.5) is 0 Å². The third kappa shape index (κ3) is 4.89. The van der Waals surface area contributed by atoms with Gasteiger partial charge in [0.2, 0.25) is 0 Å². The van der Waals surface area contributed by atoms with Crippen LogP contribution in [0.15, 0.2) is 58.2 Å². The minimum atomic E-state index is 0.218. The van der Waals surface area contributed by atoms with E-state index in [2.05, 4.69) is 10.2 Å². The van der Waals surface area contributed by atoms with Crippen LogP contribution >= 0.6 is 35.0 Å². The van der Waals surface area contributed by atoms with Gasteiger partial charge in [-0.25, -0.2) is 0 Å². The van der Waals surface area contributed by atoms with Crippen molar-refractivity contribution in [3.8, 4) is 5.75 Å². The molecular formula is C16H12Cl2N2O2S. The topological polar surface area (TPSA) is 48.2 Å². The van der Waals surface area contributed by atoms with E-state index in [-0.39, 0.29) is 6.61 Å². The van der Waals surface area contributed by atoms with Crippen LogP contribution in [0, 0.1) is 0 Å². The third-order valence-corrected chi connectivity index (χ3v) is 4.29. The molecule has 0 atom stereocenters. The Hall–Kier alpha value is -1.69. The van der Waals surface area contributed by atoms with Crippen LogP contribution in [0.5, 0.6) is 5.75 Å². The van der Waals surface area contributed by atoms with E-state index in [1.54, 1.807) is 24.3 Å². The minimum Gasteiger partial charge on any atom is -0.484 e. The number of benzene rings is 2. The van der Waals surface area contributed by atoms with Gasteiger partial charge in [-0.2, -0.15) is 0 Å². The van der Waals surface area contributed by atoms with Gasteiger partial charge < -0.3 is 9.15 Å². The highest BCUT2D eigenvalue weighted by Gasteiger charge is 2.08. The molecule has 2 aromatic carbocycles. The molecule has 0 aliphatic rings. The largest absolute Gasteiger partial charge is 0.484 e. The average Bonchev–Trinajstić information content (AvgIpc) is 3.02. The Kier molecular flexibility index (Phi) is 5.43. The first kappa shape index (κ1) is 16.2. The number of nitrogens with zero attached hydrogens (tertiary/aromatic N) is 2. The summed E-state index contributed by atoms with van der Waals surface area (Å²) in [4.78, 5) is 0. The molecule has 0 spiro atoms. The molecule has 4 nitrogen and oxygen atoms in total. The molecular weight excluding hydrogens is 355 g/mol. The molecule has 1 heterocycles. The second-order valence-corrected chi connectivity index (χ2v) is 6.42. The second-order valence-electron chi connectivity index (χ2n) is 4.62. The van der Waals surface area contributed by atoms with Crippen molar-refractivity contribution in [2.75, 3.05) is 0 Å². The minimum absolute atomic E-state index is 0.218. The summed E-state index contributed by atoms with van der Waals surface area (Å²) in [6.45, 7) is 0.218. The first-order valence-corrected chi connectivity index (χ1v) is 8.51. The number of aromatic nitrogens is 2. The molecule has 0 aliphatic heterocycles. The van der Waals surface area contributed by atoms with Crippen LogP contribution in [-0.4, -0.2) is 10.2 Å². The van der Waals surface area contributed by atoms with Gasteiger partial charge >= 0.3 is 0 Å². The lowest BCUT2D eigenvalue weighted by molar-refractivity contribution is 0.252. The van der Waals surface area contributed by atoms with Crippen molar-refractivity contribution in [3.63, 3.8) is 0 Å². The summed E-state index contributed by atoms with van der Waals surface area (Å²) in [5.74, 6) is 1.86. The lowest BCUT2D eigenvalue weighted by atomic mass is 10.2. The van der Waals surface area contributed by atoms with Gasteiger partial charge in [0.1, 0.15) is 5.75 Å². The molecule has 0 amide bonds. The second kappa shape index (κ2) is 7.73. The predicted molar refractivity (Wildman–Crippen MR) is 91.1 cm³/mol. The molecule has 0 N–H and O–H groups in total. The van der Waals surface area contributed by atoms with Gasteiger partial charge in [0, 0.05) is 15.8 Å². The molecule has 3 rings (SSSR count). The zero-order valence-corrected chi connectivity index (χ0v) is 14.2. The summed E-state index contributed by atoms with van der Waals surface area (Å²) in [5.41, 5.74) is 1.14. The van der Waals surface area contributed by atoms with Crippen molar-refractivity contribution in [3.05, 3.63) is 70.0 Å². The zero-order valence-electron chi connectivity index (χ0n) is 11.9. The Bertz CT molecular complexity index is 697. The maximum Gasteiger partial charge on any atom is 0.277 e. The molecule has 0 fully saturated rings. The highest BCUT2D eigenvalue weighted by atomic mass is 35.5. The van der Waals surface area contributed by atoms with E-state index in [1.165, 1.54) is 11.8 Å². The Labute approximate surface area is 147 Å². The van der Waals surface area contributed by atoms with Crippen LogP contribution < -0.4 is 4.74 Å². The first-order chi connectivity index (χ1) is 11.2. The lowest BCUT2D eigenvalue weighted by Crippen LogP contribution is -1.95. The van der Waals surface area contributed by atoms with Gasteiger partial charge in [-0.3, -0.25) is 0 Å². The number of thioether (sulfide) groups is 1. The molecule has 23 heavy (non-hydrogen) atoms. The predicted octanol–water partition coefficient (Wildman–Crippen LogP) is 5.25. The van der Waals surface area contributed by atoms with Crippen molar-refractivity contribution in [1.82, 2.24) is 10.2 Å². The fourth-order valence-corrected chi connectivity index (χ4v) is 2.74. The Morgan fingerprint density at radius 2 is 1.57 bits per heavy atom. The number of halogens is 2. The summed E-state index contributed by atoms with van der Waals surface area (Å²) in [6.07, 6.45) is 0. The van der Waals surface area contributed by atoms with Crippen LogP contribution in [-0.2, 0) is 12.4 Å². The van der Waals surface area contributed by atoms with Gasteiger partial charge in [0.15, 0.2) is 6.61 Å². The Morgan fingerprint density at radius 1 is 0.913 bits per heavy atom. The van der Waals surface area contributed by atoms with Crippen LogP contribution in [0.25, 0.3) is 0 Å². The van der Waals surface area contributed by atoms with Crippen LogP contribution in [0.2, 0.25) is 10.0 Å².